The zero-order valence-corrected chi connectivity index (χ0v) is 37.8. The van der Waals surface area contributed by atoms with Crippen LogP contribution < -0.4 is 33.1 Å². The summed E-state index contributed by atoms with van der Waals surface area (Å²) in [4.78, 5) is 11.2. The number of carbonyl (C=O) groups is 1. The molecule has 1 unspecified atom stereocenters. The van der Waals surface area contributed by atoms with Crippen LogP contribution in [0.3, 0.4) is 0 Å². The quantitative estimate of drug-likeness (QED) is 0.0570. The molecule has 0 spiro atoms. The molecule has 3 nitrogen and oxygen atoms in total. The van der Waals surface area contributed by atoms with Crippen molar-refractivity contribution in [3.05, 3.63) is 179 Å². The van der Waals surface area contributed by atoms with Gasteiger partial charge in [0.05, 0.1) is 1.28 Å². The van der Waals surface area contributed by atoms with Gasteiger partial charge in [-0.1, -0.05) is 156 Å². The predicted octanol–water partition coefficient (Wildman–Crippen LogP) is 10.3. The molecule has 10 aromatic carbocycles. The highest BCUT2D eigenvalue weighted by Gasteiger charge is 2.15. The van der Waals surface area contributed by atoms with Crippen LogP contribution in [0.1, 0.15) is 25.9 Å². The first kappa shape index (κ1) is 39.1. The Morgan fingerprint density at radius 1 is 0.475 bits per heavy atom. The van der Waals surface area contributed by atoms with Gasteiger partial charge in [-0.05, 0) is 88.4 Å². The smallest absolute Gasteiger partial charge is 0.262 e. The third-order valence-corrected chi connectivity index (χ3v) is 13.7. The molecule has 0 amide bonds. The van der Waals surface area contributed by atoms with E-state index in [9.17, 15) is 4.79 Å². The fraction of sp³-hybridized carbons (Fsp3) is 0.0577. The number of carbonyl (C=O) groups excluding carboxylic acids is 1. The zero-order chi connectivity index (χ0) is 40.6. The molecule has 0 radical (unpaired) electrons. The van der Waals surface area contributed by atoms with Crippen LogP contribution in [0.25, 0.3) is 97.2 Å². The molecule has 288 valence electrons. The van der Waals surface area contributed by atoms with Gasteiger partial charge in [0.15, 0.2) is 6.29 Å². The lowest BCUT2D eigenvalue weighted by Gasteiger charge is -2.12. The summed E-state index contributed by atoms with van der Waals surface area (Å²) in [5.41, 5.74) is 4.64. The number of para-hydroxylation sites is 2. The average molecular weight is 934 g/mol. The van der Waals surface area contributed by atoms with Gasteiger partial charge in [-0.25, -0.2) is 0 Å². The third-order valence-electron chi connectivity index (χ3n) is 11.4. The molecule has 0 saturated carbocycles. The maximum atomic E-state index is 11.2. The second-order valence-electron chi connectivity index (χ2n) is 14.6. The summed E-state index contributed by atoms with van der Waals surface area (Å²) in [7, 11) is 5.91. The van der Waals surface area contributed by atoms with Crippen molar-refractivity contribution in [2.24, 2.45) is 14.1 Å². The highest BCUT2D eigenvalue weighted by molar-refractivity contribution is 7.19. The normalized spacial score (nSPS) is 11.5. The van der Waals surface area contributed by atoms with Gasteiger partial charge in [0.1, 0.15) is 23.5 Å². The van der Waals surface area contributed by atoms with Gasteiger partial charge in [-0.2, -0.15) is 19.0 Å². The molecule has 12 aromatic rings. The van der Waals surface area contributed by atoms with Crippen LogP contribution in [-0.4, -0.2) is 7.56 Å². The molecule has 0 fully saturated rings. The molecule has 0 aliphatic heterocycles. The molecule has 0 bridgehead atoms. The Hall–Kier alpha value is -5.37. The Balaban J connectivity index is 0.000000134. The lowest BCUT2D eigenvalue weighted by atomic mass is 9.92. The van der Waals surface area contributed by atoms with Gasteiger partial charge in [0.2, 0.25) is 16.0 Å². The van der Waals surface area contributed by atoms with Gasteiger partial charge in [-0.3, -0.25) is 4.79 Å². The first-order chi connectivity index (χ1) is 29.0. The molecular formula is C52H41IN2OPS2+. The number of hydrogen-bond acceptors (Lipinski definition) is 3. The fourth-order valence-electron chi connectivity index (χ4n) is 8.41. The van der Waals surface area contributed by atoms with Crippen LogP contribution in [0.15, 0.2) is 158 Å². The summed E-state index contributed by atoms with van der Waals surface area (Å²) < 4.78 is 12.8. The van der Waals surface area contributed by atoms with E-state index in [0.29, 0.717) is 0 Å². The van der Waals surface area contributed by atoms with Gasteiger partial charge < -0.3 is 24.0 Å². The van der Waals surface area contributed by atoms with E-state index in [2.05, 4.69) is 182 Å². The lowest BCUT2D eigenvalue weighted by molar-refractivity contribution is -0.646. The van der Waals surface area contributed by atoms with Gasteiger partial charge in [0, 0.05) is 30.7 Å². The first-order valence-electron chi connectivity index (χ1n) is 19.7. The van der Waals surface area contributed by atoms with E-state index in [1.54, 1.807) is 9.84 Å². The van der Waals surface area contributed by atoms with Crippen LogP contribution in [0.5, 0.6) is 0 Å². The molecule has 7 heteroatoms. The van der Waals surface area contributed by atoms with Gasteiger partial charge >= 0.3 is 0 Å². The van der Waals surface area contributed by atoms with E-state index in [4.69, 9.17) is 1.28 Å². The van der Waals surface area contributed by atoms with E-state index < -0.39 is 0 Å². The van der Waals surface area contributed by atoms with Crippen LogP contribution in [0, 0.1) is 6.92 Å². The minimum atomic E-state index is 0. The Morgan fingerprint density at radius 2 is 0.898 bits per heavy atom. The number of benzene rings is 10. The Bertz CT molecular complexity index is 3470. The molecule has 0 aliphatic carbocycles. The molecule has 0 saturated heterocycles. The number of fused-ring (bicyclic) bond motifs is 2. The largest absolute Gasteiger partial charge is 1.00 e. The summed E-state index contributed by atoms with van der Waals surface area (Å²) in [5, 5.41) is 17.8. The fourth-order valence-corrected chi connectivity index (χ4v) is 10.5. The first-order valence-corrected chi connectivity index (χ1v) is 20.8. The number of thiazole rings is 2. The van der Waals surface area contributed by atoms with Gasteiger partial charge in [0.25, 0.3) is 5.01 Å². The summed E-state index contributed by atoms with van der Waals surface area (Å²) in [6, 6.07) is 55.7. The van der Waals surface area contributed by atoms with E-state index >= 15 is 0 Å². The number of hydrogen-bond donors (Lipinski definition) is 0. The van der Waals surface area contributed by atoms with Crippen molar-refractivity contribution in [1.82, 2.24) is 0 Å². The topological polar surface area (TPSA) is 24.8 Å². The Labute approximate surface area is 372 Å². The highest BCUT2D eigenvalue weighted by Crippen LogP contribution is 2.37. The minimum absolute atomic E-state index is 0. The molecule has 0 N–H and O–H groups in total. The minimum Gasteiger partial charge on any atom is -1.00 e. The molecular weight excluding hydrogens is 891 g/mol. The van der Waals surface area contributed by atoms with Crippen molar-refractivity contribution in [2.75, 3.05) is 0 Å². The maximum absolute atomic E-state index is 11.2. The number of nitrogens with zero attached hydrogens (tertiary/aromatic N) is 2. The SMILES string of the molecule is C[n+]1c(/C=C/c2ccc3ccc4cccc5ccc2c3c45)sc2ccccc21.Cc1sc2ccccc2[n+]1C.O=Cc1ccc2ccc3cccc4ccc1c2c34.[3H]P.[I-]. The summed E-state index contributed by atoms with van der Waals surface area (Å²) in [5.74, 6) is 0. The van der Waals surface area contributed by atoms with E-state index in [1.807, 2.05) is 40.9 Å². The molecule has 12 rings (SSSR count). The number of aromatic nitrogens is 2. The highest BCUT2D eigenvalue weighted by atomic mass is 127. The van der Waals surface area contributed by atoms with Crippen molar-refractivity contribution < 1.29 is 37.9 Å². The number of rotatable bonds is 3. The summed E-state index contributed by atoms with van der Waals surface area (Å²) in [6.07, 6.45) is 5.44. The average Bonchev–Trinajstić information content (AvgIpc) is 3.78. The maximum Gasteiger partial charge on any atom is 0.262 e. The van der Waals surface area contributed by atoms with Crippen molar-refractivity contribution >= 4 is 136 Å². The van der Waals surface area contributed by atoms with E-state index in [0.717, 1.165) is 17.2 Å². The second kappa shape index (κ2) is 16.7. The number of aryl methyl sites for hydroxylation is 3. The van der Waals surface area contributed by atoms with E-state index in [-0.39, 0.29) is 24.0 Å². The summed E-state index contributed by atoms with van der Waals surface area (Å²) >= 11 is 3.67. The number of aldehydes is 1. The lowest BCUT2D eigenvalue weighted by Crippen LogP contribution is -3.00. The van der Waals surface area contributed by atoms with E-state index in [1.165, 1.54) is 95.3 Å². The summed E-state index contributed by atoms with van der Waals surface area (Å²) in [6.45, 7) is 2.14. The molecule has 59 heavy (non-hydrogen) atoms. The standard InChI is InChI=1S/C26H18NS.C17H10O.C9H10NS.HI.H3P/c1-27-22-7-2-3-8-23(22)28-24(27)16-14-17-9-10-20-12-11-18-5-4-6-19-13-15-21(17)26(20)25(18)19;18-10-14-7-6-13-5-4-11-2-1-3-12-8-9-15(14)17(13)16(11)12;1-7-10(2)8-5-3-4-6-9(8)11-7;;/h2-16H,1H3;1-10H;3-6H,1-2H3;1H;1H3/q+1;;+1;;/p-1/b16-14+;;;;/i;;;;1T. The van der Waals surface area contributed by atoms with Crippen LogP contribution in [0.4, 0.5) is 0 Å². The third kappa shape index (κ3) is 7.12. The van der Waals surface area contributed by atoms with Crippen molar-refractivity contribution in [3.63, 3.8) is 0 Å². The van der Waals surface area contributed by atoms with Gasteiger partial charge in [-0.15, -0.1) is 0 Å². The molecule has 1 atom stereocenters. The number of halogens is 1. The van der Waals surface area contributed by atoms with Crippen LogP contribution in [-0.2, 0) is 14.1 Å². The molecule has 2 heterocycles. The zero-order valence-electron chi connectivity index (χ0n) is 33.8. The van der Waals surface area contributed by atoms with Crippen LogP contribution >= 0.6 is 32.5 Å². The Kier molecular flexibility index (Phi) is 11.1. The Morgan fingerprint density at radius 3 is 1.41 bits per heavy atom. The van der Waals surface area contributed by atoms with Crippen molar-refractivity contribution in [2.45, 2.75) is 6.92 Å². The monoisotopic (exact) mass is 933 g/mol. The van der Waals surface area contributed by atoms with Crippen LogP contribution in [0.2, 0.25) is 0 Å². The van der Waals surface area contributed by atoms with Crippen molar-refractivity contribution in [1.29, 1.82) is 1.28 Å². The second-order valence-corrected chi connectivity index (χ2v) is 16.9. The molecule has 2 aromatic heterocycles. The predicted molar refractivity (Wildman–Crippen MR) is 256 cm³/mol. The van der Waals surface area contributed by atoms with Crippen molar-refractivity contribution in [3.8, 4) is 0 Å². The molecule has 0 aliphatic rings.